The lowest BCUT2D eigenvalue weighted by Crippen LogP contribution is -2.60. The normalized spacial score (nSPS) is 14.2. The molecular weight excluding hydrogens is 476 g/mol. The molecule has 1 N–H and O–H groups in total. The fourth-order valence-corrected chi connectivity index (χ4v) is 5.15. The van der Waals surface area contributed by atoms with Crippen molar-refractivity contribution in [2.24, 2.45) is 0 Å². The van der Waals surface area contributed by atoms with Crippen LogP contribution in [-0.4, -0.2) is 27.7 Å². The molecule has 8 nitrogen and oxygen atoms in total. The van der Waals surface area contributed by atoms with E-state index in [1.54, 1.807) is 33.9 Å². The summed E-state index contributed by atoms with van der Waals surface area (Å²) in [5, 5.41) is 6.81. The number of aromatic nitrogens is 3. The van der Waals surface area contributed by atoms with Crippen LogP contribution >= 0.6 is 11.8 Å². The fourth-order valence-electron chi connectivity index (χ4n) is 4.56. The van der Waals surface area contributed by atoms with Crippen LogP contribution in [0.1, 0.15) is 25.6 Å². The molecule has 1 aromatic heterocycles. The number of aromatic amines is 1. The third-order valence-corrected chi connectivity index (χ3v) is 6.74. The molecule has 1 amide bonds. The molecule has 0 bridgehead atoms. The number of carbonyl (C=O) groups is 2. The van der Waals surface area contributed by atoms with Crippen LogP contribution in [0.2, 0.25) is 0 Å². The largest absolute Gasteiger partial charge is 0.426 e. The second kappa shape index (κ2) is 9.43. The Bertz CT molecular complexity index is 1600. The molecule has 1 atom stereocenters. The van der Waals surface area contributed by atoms with Gasteiger partial charge < -0.3 is 4.74 Å². The number of rotatable bonds is 5. The van der Waals surface area contributed by atoms with E-state index in [1.807, 2.05) is 42.5 Å². The summed E-state index contributed by atoms with van der Waals surface area (Å²) < 4.78 is 7.20. The van der Waals surface area contributed by atoms with E-state index in [0.717, 1.165) is 10.8 Å². The number of fused-ring (bicyclic) bond motifs is 4. The Morgan fingerprint density at radius 1 is 1.14 bits per heavy atom. The molecule has 3 aromatic carbocycles. The number of carbonyl (C=O) groups excluding carboxylic acids is 2. The molecule has 0 spiro atoms. The summed E-state index contributed by atoms with van der Waals surface area (Å²) in [4.78, 5) is 43.2. The Balaban J connectivity index is 1.91. The predicted molar refractivity (Wildman–Crippen MR) is 138 cm³/mol. The third-order valence-electron chi connectivity index (χ3n) is 5.88. The van der Waals surface area contributed by atoms with Crippen LogP contribution in [0.5, 0.6) is 5.75 Å². The van der Waals surface area contributed by atoms with Gasteiger partial charge in [0.1, 0.15) is 5.75 Å². The van der Waals surface area contributed by atoms with Crippen LogP contribution in [0, 0.1) is 0 Å². The van der Waals surface area contributed by atoms with Gasteiger partial charge >= 0.3 is 17.2 Å². The zero-order chi connectivity index (χ0) is 25.4. The lowest BCUT2D eigenvalue weighted by Gasteiger charge is -2.32. The Kier molecular flexibility index (Phi) is 6.15. The number of nitrogens with zero attached hydrogens (tertiary/aromatic N) is 3. The smallest absolute Gasteiger partial charge is 0.325 e. The molecule has 1 unspecified atom stereocenters. The van der Waals surface area contributed by atoms with Gasteiger partial charge in [-0.3, -0.25) is 19.4 Å². The maximum Gasteiger partial charge on any atom is 0.325 e. The molecule has 5 rings (SSSR count). The van der Waals surface area contributed by atoms with Gasteiger partial charge in [0.15, 0.2) is 0 Å². The number of para-hydroxylation sites is 1. The van der Waals surface area contributed by atoms with E-state index < -0.39 is 12.1 Å². The van der Waals surface area contributed by atoms with Gasteiger partial charge in [0.25, 0.3) is 6.17 Å². The topological polar surface area (TPSA) is 96.2 Å². The minimum atomic E-state index is -0.891. The van der Waals surface area contributed by atoms with Crippen molar-refractivity contribution in [2.75, 3.05) is 10.7 Å². The molecule has 1 aliphatic rings. The Labute approximate surface area is 211 Å². The number of amides is 1. The van der Waals surface area contributed by atoms with Crippen LogP contribution in [0.25, 0.3) is 22.0 Å². The molecule has 180 valence electrons. The van der Waals surface area contributed by atoms with Gasteiger partial charge in [0.2, 0.25) is 11.1 Å². The summed E-state index contributed by atoms with van der Waals surface area (Å²) in [6.07, 6.45) is 0.825. The van der Waals surface area contributed by atoms with Crippen LogP contribution in [-0.2, 0) is 9.59 Å². The summed E-state index contributed by atoms with van der Waals surface area (Å²) in [5.74, 6) is 0.0724. The number of hydrogen-bond acceptors (Lipinski definition) is 6. The number of benzene rings is 3. The van der Waals surface area contributed by atoms with Crippen LogP contribution in [0.4, 0.5) is 5.69 Å². The molecule has 2 heterocycles. The first-order chi connectivity index (χ1) is 17.4. The van der Waals surface area contributed by atoms with Crippen molar-refractivity contribution in [1.82, 2.24) is 10.1 Å². The monoisotopic (exact) mass is 499 g/mol. The van der Waals surface area contributed by atoms with Gasteiger partial charge in [-0.1, -0.05) is 60.3 Å². The number of thioether (sulfide) groups is 1. The second-order valence-corrected chi connectivity index (χ2v) is 9.23. The maximum atomic E-state index is 13.4. The predicted octanol–water partition coefficient (Wildman–Crippen LogP) is 3.99. The van der Waals surface area contributed by atoms with E-state index in [9.17, 15) is 14.4 Å². The summed E-state index contributed by atoms with van der Waals surface area (Å²) in [6.45, 7) is 6.53. The van der Waals surface area contributed by atoms with Gasteiger partial charge in [-0.15, -0.1) is 6.58 Å². The zero-order valence-corrected chi connectivity index (χ0v) is 20.5. The highest BCUT2D eigenvalue weighted by molar-refractivity contribution is 7.99. The number of nitrogens with one attached hydrogen (secondary N) is 1. The average Bonchev–Trinajstić information content (AvgIpc) is 2.86. The molecular formula is C27H23N4O4S+. The van der Waals surface area contributed by atoms with Crippen molar-refractivity contribution < 1.29 is 19.0 Å². The minimum Gasteiger partial charge on any atom is -0.426 e. The van der Waals surface area contributed by atoms with Gasteiger partial charge in [-0.25, -0.2) is 4.90 Å². The number of esters is 1. The van der Waals surface area contributed by atoms with Crippen molar-refractivity contribution in [3.8, 4) is 17.0 Å². The highest BCUT2D eigenvalue weighted by Gasteiger charge is 2.47. The molecule has 9 heteroatoms. The summed E-state index contributed by atoms with van der Waals surface area (Å²) >= 11 is 1.32. The zero-order valence-electron chi connectivity index (χ0n) is 19.7. The molecule has 0 saturated carbocycles. The van der Waals surface area contributed by atoms with Gasteiger partial charge in [-0.2, -0.15) is 0 Å². The molecule has 4 aromatic rings. The van der Waals surface area contributed by atoms with Gasteiger partial charge in [0.05, 0.1) is 16.8 Å². The molecule has 0 radical (unpaired) electrons. The third kappa shape index (κ3) is 3.97. The fraction of sp³-hybridized carbons (Fsp3) is 0.148. The van der Waals surface area contributed by atoms with E-state index in [-0.39, 0.29) is 17.2 Å². The average molecular weight is 500 g/mol. The van der Waals surface area contributed by atoms with Gasteiger partial charge in [-0.05, 0) is 33.7 Å². The summed E-state index contributed by atoms with van der Waals surface area (Å²) in [7, 11) is 0. The van der Waals surface area contributed by atoms with E-state index in [0.29, 0.717) is 33.4 Å². The van der Waals surface area contributed by atoms with Crippen molar-refractivity contribution in [1.29, 1.82) is 0 Å². The summed E-state index contributed by atoms with van der Waals surface area (Å²) in [5.41, 5.74) is 1.66. The number of hydrogen-bond donors (Lipinski definition) is 1. The molecule has 1 aliphatic heterocycles. The highest BCUT2D eigenvalue weighted by atomic mass is 32.2. The highest BCUT2D eigenvalue weighted by Crippen LogP contribution is 2.42. The first-order valence-electron chi connectivity index (χ1n) is 11.3. The van der Waals surface area contributed by atoms with Crippen molar-refractivity contribution >= 4 is 40.1 Å². The lowest BCUT2D eigenvalue weighted by molar-refractivity contribution is -0.762. The molecule has 36 heavy (non-hydrogen) atoms. The lowest BCUT2D eigenvalue weighted by atomic mass is 9.96. The molecule has 0 aliphatic carbocycles. The quantitative estimate of drug-likeness (QED) is 0.147. The first-order valence-corrected chi connectivity index (χ1v) is 12.3. The van der Waals surface area contributed by atoms with E-state index >= 15 is 0 Å². The SMILES string of the molecule is C=CCSc1n[n+]2c(c(=O)[nH]1)-c1ccccc1N(C(C)=O)C2c1c(OC(C)=O)ccc2ccccc12. The van der Waals surface area contributed by atoms with Crippen molar-refractivity contribution in [3.63, 3.8) is 0 Å². The number of anilines is 1. The Hall–Kier alpha value is -4.24. The Morgan fingerprint density at radius 3 is 2.64 bits per heavy atom. The Morgan fingerprint density at radius 2 is 1.89 bits per heavy atom. The van der Waals surface area contributed by atoms with Crippen molar-refractivity contribution in [2.45, 2.75) is 25.2 Å². The minimum absolute atomic E-state index is 0.255. The number of ether oxygens (including phenoxy) is 1. The second-order valence-electron chi connectivity index (χ2n) is 8.22. The van der Waals surface area contributed by atoms with Gasteiger partial charge in [0, 0.05) is 24.7 Å². The van der Waals surface area contributed by atoms with Crippen molar-refractivity contribution in [3.05, 3.63) is 89.2 Å². The standard InChI is InChI=1S/C27H22N4O4S/c1-4-15-36-27-28-25(34)24-20-11-7-8-12-21(20)30(16(2)32)26(31(24)29-27)23-19-10-6-5-9-18(19)13-14-22(23)35-17(3)33/h4-14,26H,1,15H2,2-3H3/p+1. The van der Waals surface area contributed by atoms with E-state index in [2.05, 4.69) is 11.6 Å². The van der Waals surface area contributed by atoms with E-state index in [1.165, 1.54) is 25.6 Å². The van der Waals surface area contributed by atoms with Crippen LogP contribution in [0.15, 0.2) is 83.3 Å². The summed E-state index contributed by atoms with van der Waals surface area (Å²) in [6, 6.07) is 18.4. The first kappa shape index (κ1) is 23.5. The molecule has 0 saturated heterocycles. The maximum absolute atomic E-state index is 13.4. The van der Waals surface area contributed by atoms with E-state index in [4.69, 9.17) is 9.84 Å². The molecule has 0 fully saturated rings. The van der Waals surface area contributed by atoms with Crippen LogP contribution < -0.4 is 19.9 Å². The van der Waals surface area contributed by atoms with Crippen LogP contribution in [0.3, 0.4) is 0 Å². The number of H-pyrrole nitrogens is 1.